The fourth-order valence-corrected chi connectivity index (χ4v) is 2.60. The lowest BCUT2D eigenvalue weighted by Crippen LogP contribution is -1.83. The second kappa shape index (κ2) is 14.3. The Morgan fingerprint density at radius 2 is 1.15 bits per heavy atom. The lowest BCUT2D eigenvalue weighted by Gasteiger charge is -2.04. The molecule has 3 rings (SSSR count). The molecule has 0 aromatic heterocycles. The van der Waals surface area contributed by atoms with Crippen LogP contribution in [0.25, 0.3) is 16.3 Å². The van der Waals surface area contributed by atoms with Crippen molar-refractivity contribution in [1.29, 1.82) is 0 Å². The molecule has 3 aromatic rings. The molecule has 3 aromatic carbocycles. The minimum absolute atomic E-state index is 0. The number of fused-ring (bicyclic) bond motifs is 1. The molecule has 0 saturated carbocycles. The van der Waals surface area contributed by atoms with Crippen LogP contribution in [0.2, 0.25) is 0 Å². The Kier molecular flexibility index (Phi) is 12.8. The Bertz CT molecular complexity index is 771. The third-order valence-corrected chi connectivity index (χ3v) is 3.79. The van der Waals surface area contributed by atoms with Crippen LogP contribution in [0.3, 0.4) is 0 Å². The molecular weight excluding hydrogens is 324 g/mol. The lowest BCUT2D eigenvalue weighted by atomic mass is 10.0. The van der Waals surface area contributed by atoms with Gasteiger partial charge in [0.15, 0.2) is 0 Å². The number of rotatable bonds is 3. The second-order valence-corrected chi connectivity index (χ2v) is 5.51. The summed E-state index contributed by atoms with van der Waals surface area (Å²) in [6.45, 7) is 12.0. The van der Waals surface area contributed by atoms with Gasteiger partial charge in [0.05, 0.1) is 0 Å². The minimum Gasteiger partial charge on any atom is -0.0984 e. The minimum atomic E-state index is 0. The summed E-state index contributed by atoms with van der Waals surface area (Å²) in [5.41, 5.74) is 3.66. The van der Waals surface area contributed by atoms with Crippen molar-refractivity contribution in [2.45, 2.75) is 35.1 Å². The van der Waals surface area contributed by atoms with Gasteiger partial charge < -0.3 is 0 Å². The van der Waals surface area contributed by atoms with Crippen molar-refractivity contribution in [1.82, 2.24) is 0 Å². The highest BCUT2D eigenvalue weighted by atomic mass is 14.0. The summed E-state index contributed by atoms with van der Waals surface area (Å²) in [7, 11) is 0. The maximum Gasteiger partial charge on any atom is -0.0161 e. The highest BCUT2D eigenvalue weighted by Crippen LogP contribution is 2.20. The van der Waals surface area contributed by atoms with Gasteiger partial charge in [-0.2, -0.15) is 0 Å². The molecule has 0 spiro atoms. The molecule has 0 heterocycles. The Hall–Kier alpha value is -2.86. The van der Waals surface area contributed by atoms with Gasteiger partial charge in [0.25, 0.3) is 0 Å². The highest BCUT2D eigenvalue weighted by molar-refractivity contribution is 5.82. The summed E-state index contributed by atoms with van der Waals surface area (Å²) in [4.78, 5) is 0. The van der Waals surface area contributed by atoms with Crippen LogP contribution < -0.4 is 0 Å². The van der Waals surface area contributed by atoms with E-state index in [-0.39, 0.29) is 7.43 Å². The molecular formula is C27H34. The Balaban J connectivity index is 0.000000459. The van der Waals surface area contributed by atoms with E-state index in [1.165, 1.54) is 27.5 Å². The van der Waals surface area contributed by atoms with Crippen LogP contribution in [0.1, 0.15) is 40.7 Å². The van der Waals surface area contributed by atoms with Crippen molar-refractivity contribution in [3.63, 3.8) is 0 Å². The quantitative estimate of drug-likeness (QED) is 0.411. The summed E-state index contributed by atoms with van der Waals surface area (Å²) in [5.74, 6) is 0. The molecule has 0 saturated heterocycles. The van der Waals surface area contributed by atoms with Gasteiger partial charge in [-0.1, -0.05) is 125 Å². The molecule has 0 N–H and O–H groups in total. The first kappa shape index (κ1) is 24.1. The average Bonchev–Trinajstić information content (AvgIpc) is 2.72. The van der Waals surface area contributed by atoms with Gasteiger partial charge in [0.2, 0.25) is 0 Å². The summed E-state index contributed by atoms with van der Waals surface area (Å²) >= 11 is 0. The van der Waals surface area contributed by atoms with E-state index in [4.69, 9.17) is 0 Å². The number of hydrogen-bond donors (Lipinski definition) is 0. The molecule has 0 atom stereocenters. The summed E-state index contributed by atoms with van der Waals surface area (Å²) in [6, 6.07) is 27.0. The monoisotopic (exact) mass is 358 g/mol. The Labute approximate surface area is 166 Å². The van der Waals surface area contributed by atoms with Gasteiger partial charge in [-0.3, -0.25) is 0 Å². The molecule has 0 nitrogen and oxygen atoms in total. The normalized spacial score (nSPS) is 10.5. The summed E-state index contributed by atoms with van der Waals surface area (Å²) in [5, 5.41) is 2.62. The molecule has 0 fully saturated rings. The van der Waals surface area contributed by atoms with Crippen LogP contribution in [0.15, 0.2) is 109 Å². The Morgan fingerprint density at radius 3 is 1.52 bits per heavy atom. The smallest absolute Gasteiger partial charge is 0.0161 e. The van der Waals surface area contributed by atoms with Gasteiger partial charge in [-0.05, 0) is 41.3 Å². The SMILES string of the molecule is C.C=C/C(=C(C)/C=C\C)c1ccccc1.CC.c1ccc2ccccc2c1. The molecule has 0 unspecified atom stereocenters. The second-order valence-electron chi connectivity index (χ2n) is 5.51. The van der Waals surface area contributed by atoms with E-state index in [1.54, 1.807) is 0 Å². The third kappa shape index (κ3) is 7.92. The summed E-state index contributed by atoms with van der Waals surface area (Å²) < 4.78 is 0. The number of benzene rings is 3. The van der Waals surface area contributed by atoms with Crippen LogP contribution in [-0.4, -0.2) is 0 Å². The van der Waals surface area contributed by atoms with Crippen molar-refractivity contribution in [3.05, 3.63) is 115 Å². The number of hydrogen-bond acceptors (Lipinski definition) is 0. The van der Waals surface area contributed by atoms with E-state index < -0.39 is 0 Å². The molecule has 0 heteroatoms. The van der Waals surface area contributed by atoms with Crippen molar-refractivity contribution in [3.8, 4) is 0 Å². The first-order chi connectivity index (χ1) is 12.8. The third-order valence-electron chi connectivity index (χ3n) is 3.79. The predicted octanol–water partition coefficient (Wildman–Crippen LogP) is 8.72. The fourth-order valence-electron chi connectivity index (χ4n) is 2.60. The average molecular weight is 359 g/mol. The zero-order valence-corrected chi connectivity index (χ0v) is 16.4. The van der Waals surface area contributed by atoms with Crippen LogP contribution in [0.4, 0.5) is 0 Å². The molecule has 0 radical (unpaired) electrons. The molecule has 27 heavy (non-hydrogen) atoms. The molecule has 0 aliphatic carbocycles. The molecule has 0 aliphatic heterocycles. The highest BCUT2D eigenvalue weighted by Gasteiger charge is 1.98. The van der Waals surface area contributed by atoms with Crippen LogP contribution in [0.5, 0.6) is 0 Å². The molecule has 0 bridgehead atoms. The van der Waals surface area contributed by atoms with Gasteiger partial charge >= 0.3 is 0 Å². The van der Waals surface area contributed by atoms with E-state index in [1.807, 2.05) is 51.1 Å². The lowest BCUT2D eigenvalue weighted by molar-refractivity contribution is 1.49. The standard InChI is InChI=1S/C14H16.C10H8.C2H6.CH4/c1-4-9-12(3)14(5-2)13-10-7-6-8-11-13;1-2-6-10-8-4-3-7-9(10)5-1;1-2;/h4-11H,2H2,1,3H3;1-8H;1-2H3;1H4/b9-4-,14-12-;;;. The molecule has 0 amide bonds. The fraction of sp³-hybridized carbons (Fsp3) is 0.185. The van der Waals surface area contributed by atoms with E-state index in [0.29, 0.717) is 0 Å². The van der Waals surface area contributed by atoms with E-state index in [9.17, 15) is 0 Å². The van der Waals surface area contributed by atoms with Crippen molar-refractivity contribution in [2.75, 3.05) is 0 Å². The molecule has 0 aliphatic rings. The van der Waals surface area contributed by atoms with Gasteiger partial charge in [0, 0.05) is 0 Å². The van der Waals surface area contributed by atoms with Crippen molar-refractivity contribution < 1.29 is 0 Å². The van der Waals surface area contributed by atoms with E-state index in [2.05, 4.69) is 80.2 Å². The predicted molar refractivity (Wildman–Crippen MR) is 126 cm³/mol. The van der Waals surface area contributed by atoms with Crippen LogP contribution in [0, 0.1) is 0 Å². The zero-order chi connectivity index (χ0) is 19.2. The van der Waals surface area contributed by atoms with Gasteiger partial charge in [-0.25, -0.2) is 0 Å². The van der Waals surface area contributed by atoms with Crippen LogP contribution in [-0.2, 0) is 0 Å². The molecule has 142 valence electrons. The van der Waals surface area contributed by atoms with E-state index >= 15 is 0 Å². The topological polar surface area (TPSA) is 0 Å². The summed E-state index contributed by atoms with van der Waals surface area (Å²) in [6.07, 6.45) is 6.05. The first-order valence-electron chi connectivity index (χ1n) is 9.21. The van der Waals surface area contributed by atoms with Crippen molar-refractivity contribution >= 4 is 16.3 Å². The van der Waals surface area contributed by atoms with Crippen LogP contribution >= 0.6 is 0 Å². The maximum absolute atomic E-state index is 3.85. The largest absolute Gasteiger partial charge is 0.0984 e. The van der Waals surface area contributed by atoms with Crippen molar-refractivity contribution in [2.24, 2.45) is 0 Å². The first-order valence-corrected chi connectivity index (χ1v) is 9.21. The van der Waals surface area contributed by atoms with Gasteiger partial charge in [-0.15, -0.1) is 0 Å². The van der Waals surface area contributed by atoms with E-state index in [0.717, 1.165) is 0 Å². The maximum atomic E-state index is 3.85. The zero-order valence-electron chi connectivity index (χ0n) is 16.4. The van der Waals surface area contributed by atoms with Gasteiger partial charge in [0.1, 0.15) is 0 Å². The Morgan fingerprint density at radius 1 is 0.741 bits per heavy atom. The number of allylic oxidation sites excluding steroid dienone is 5.